The Bertz CT molecular complexity index is 1280. The van der Waals surface area contributed by atoms with Gasteiger partial charge in [0.1, 0.15) is 30.0 Å². The number of rotatable bonds is 13. The summed E-state index contributed by atoms with van der Waals surface area (Å²) in [6, 6.07) is 14.3. The smallest absolute Gasteiger partial charge is 0.243 e. The largest absolute Gasteiger partial charge is 0.388 e. The van der Waals surface area contributed by atoms with Crippen LogP contribution in [-0.4, -0.2) is 82.6 Å². The molecule has 2 aliphatic rings. The fourth-order valence-electron chi connectivity index (χ4n) is 7.03. The van der Waals surface area contributed by atoms with Crippen molar-refractivity contribution in [2.75, 3.05) is 20.6 Å². The maximum absolute atomic E-state index is 13.0. The van der Waals surface area contributed by atoms with Gasteiger partial charge in [0.15, 0.2) is 0 Å². The normalized spacial score (nSPS) is 28.6. The summed E-state index contributed by atoms with van der Waals surface area (Å²) in [5, 5.41) is 34.4. The van der Waals surface area contributed by atoms with Gasteiger partial charge in [0.2, 0.25) is 11.8 Å². The van der Waals surface area contributed by atoms with Gasteiger partial charge in [-0.3, -0.25) is 9.59 Å². The van der Waals surface area contributed by atoms with E-state index in [1.54, 1.807) is 0 Å². The molecule has 0 spiro atoms. The van der Waals surface area contributed by atoms with Crippen molar-refractivity contribution in [1.29, 1.82) is 0 Å². The van der Waals surface area contributed by atoms with E-state index >= 15 is 0 Å². The number of aliphatic hydroxyl groups is 3. The first kappa shape index (κ1) is 35.0. The third-order valence-electron chi connectivity index (χ3n) is 9.90. The number of aliphatic hydroxyl groups excluding tert-OH is 3. The van der Waals surface area contributed by atoms with E-state index in [4.69, 9.17) is 10.5 Å². The number of hydrogen-bond acceptors (Lipinski definition) is 7. The summed E-state index contributed by atoms with van der Waals surface area (Å²) in [6.45, 7) is 4.78. The van der Waals surface area contributed by atoms with Crippen LogP contribution in [0.3, 0.4) is 0 Å². The summed E-state index contributed by atoms with van der Waals surface area (Å²) < 4.78 is 6.00. The molecule has 2 unspecified atom stereocenters. The predicted molar refractivity (Wildman–Crippen MR) is 174 cm³/mol. The van der Waals surface area contributed by atoms with Gasteiger partial charge in [-0.15, -0.1) is 0 Å². The molecule has 9 heteroatoms. The third kappa shape index (κ3) is 8.51. The molecule has 2 aromatic rings. The van der Waals surface area contributed by atoms with E-state index in [1.807, 2.05) is 46.1 Å². The highest BCUT2D eigenvalue weighted by atomic mass is 16.5. The number of amides is 2. The van der Waals surface area contributed by atoms with Crippen LogP contribution in [0.4, 0.5) is 0 Å². The molecule has 2 aromatic carbocycles. The molecule has 6 N–H and O–H groups in total. The lowest BCUT2D eigenvalue weighted by Crippen LogP contribution is -2.63. The van der Waals surface area contributed by atoms with Crippen molar-refractivity contribution >= 4 is 11.8 Å². The Kier molecular flexibility index (Phi) is 12.2. The standard InChI is InChI=1S/C36H53N3O6/c1-5-29-31(41)32(42)33(43)34(45-29)26-17-12-23(2)27(22-26)21-25-15-13-24(14-16-25)9-8-11-30(40)38-36(35(37)44)19-7-6-10-28(36)18-20-39(3)4/h12-17,22,28-29,31-34,41-43H,5-11,18-21H2,1-4H3,(H2,37,44)(H,38,40)/t28?,29-,31-,32+,33-,34+,36?/m1/s1. The van der Waals surface area contributed by atoms with Crippen molar-refractivity contribution < 1.29 is 29.6 Å². The Morgan fingerprint density at radius 3 is 2.40 bits per heavy atom. The maximum atomic E-state index is 13.0. The van der Waals surface area contributed by atoms with Crippen LogP contribution < -0.4 is 11.1 Å². The Labute approximate surface area is 268 Å². The number of hydrogen-bond donors (Lipinski definition) is 5. The number of ether oxygens (including phenoxy) is 1. The second-order valence-corrected chi connectivity index (χ2v) is 13.4. The molecule has 1 saturated carbocycles. The number of nitrogens with zero attached hydrogens (tertiary/aromatic N) is 1. The van der Waals surface area contributed by atoms with Crippen LogP contribution in [0.2, 0.25) is 0 Å². The minimum atomic E-state index is -1.27. The van der Waals surface area contributed by atoms with Gasteiger partial charge in [-0.1, -0.05) is 62.2 Å². The van der Waals surface area contributed by atoms with Crippen molar-refractivity contribution in [3.05, 3.63) is 70.3 Å². The molecule has 45 heavy (non-hydrogen) atoms. The number of nitrogens with one attached hydrogen (secondary N) is 1. The predicted octanol–water partition coefficient (Wildman–Crippen LogP) is 3.32. The summed E-state index contributed by atoms with van der Waals surface area (Å²) in [7, 11) is 4.03. The molecule has 1 heterocycles. The molecule has 9 nitrogen and oxygen atoms in total. The van der Waals surface area contributed by atoms with Gasteiger partial charge in [-0.2, -0.15) is 0 Å². The van der Waals surface area contributed by atoms with Gasteiger partial charge in [0.25, 0.3) is 0 Å². The van der Waals surface area contributed by atoms with E-state index in [-0.39, 0.29) is 11.8 Å². The Morgan fingerprint density at radius 2 is 1.73 bits per heavy atom. The fraction of sp³-hybridized carbons (Fsp3) is 0.611. The number of carbonyl (C=O) groups is 2. The second kappa shape index (κ2) is 15.6. The van der Waals surface area contributed by atoms with Gasteiger partial charge in [0.05, 0.1) is 6.10 Å². The van der Waals surface area contributed by atoms with Gasteiger partial charge in [-0.05, 0) is 106 Å². The molecule has 1 aliphatic carbocycles. The molecular weight excluding hydrogens is 570 g/mol. The van der Waals surface area contributed by atoms with Crippen molar-refractivity contribution in [3.63, 3.8) is 0 Å². The van der Waals surface area contributed by atoms with E-state index in [1.165, 1.54) is 0 Å². The molecule has 4 rings (SSSR count). The van der Waals surface area contributed by atoms with Crippen LogP contribution in [0.25, 0.3) is 0 Å². The van der Waals surface area contributed by atoms with E-state index in [9.17, 15) is 24.9 Å². The first-order valence-corrected chi connectivity index (χ1v) is 16.6. The Hall–Kier alpha value is -2.82. The lowest BCUT2D eigenvalue weighted by atomic mass is 9.70. The monoisotopic (exact) mass is 623 g/mol. The van der Waals surface area contributed by atoms with Crippen molar-refractivity contribution in [1.82, 2.24) is 10.2 Å². The van der Waals surface area contributed by atoms with Gasteiger partial charge < -0.3 is 36.0 Å². The van der Waals surface area contributed by atoms with Crippen molar-refractivity contribution in [2.45, 2.75) is 114 Å². The number of benzene rings is 2. The molecule has 2 fully saturated rings. The highest BCUT2D eigenvalue weighted by Crippen LogP contribution is 2.37. The molecule has 7 atom stereocenters. The summed E-state index contributed by atoms with van der Waals surface area (Å²) in [6.07, 6.45) is 2.40. The molecule has 1 saturated heterocycles. The molecule has 0 aromatic heterocycles. The maximum Gasteiger partial charge on any atom is 0.243 e. The number of aryl methyl sites for hydroxylation is 2. The average Bonchev–Trinajstić information content (AvgIpc) is 3.01. The summed E-state index contributed by atoms with van der Waals surface area (Å²) in [5.74, 6) is -0.475. The van der Waals surface area contributed by atoms with Crippen LogP contribution in [0.15, 0.2) is 42.5 Å². The number of carbonyl (C=O) groups excluding carboxylic acids is 2. The SMILES string of the molecule is CC[C@H]1O[C@@H](c2ccc(C)c(Cc3ccc(CCCC(=O)NC4(C(N)=O)CCCCC4CCN(C)C)cc3)c2)[C@H](O)[C@@H](O)[C@@H]1O. The van der Waals surface area contributed by atoms with E-state index < -0.39 is 42.0 Å². The molecule has 1 aliphatic heterocycles. The van der Waals surface area contributed by atoms with Crippen LogP contribution in [-0.2, 0) is 27.2 Å². The molecule has 2 amide bonds. The zero-order valence-electron chi connectivity index (χ0n) is 27.4. The van der Waals surface area contributed by atoms with Gasteiger partial charge in [-0.25, -0.2) is 0 Å². The summed E-state index contributed by atoms with van der Waals surface area (Å²) >= 11 is 0. The third-order valence-corrected chi connectivity index (χ3v) is 9.90. The number of primary amides is 1. The lowest BCUT2D eigenvalue weighted by molar-refractivity contribution is -0.225. The van der Waals surface area contributed by atoms with E-state index in [2.05, 4.69) is 34.5 Å². The molecule has 0 radical (unpaired) electrons. The highest BCUT2D eigenvalue weighted by Gasteiger charge is 2.46. The van der Waals surface area contributed by atoms with Crippen LogP contribution in [0.1, 0.15) is 92.2 Å². The number of nitrogens with two attached hydrogens (primary N) is 1. The Morgan fingerprint density at radius 1 is 1.02 bits per heavy atom. The minimum absolute atomic E-state index is 0.0555. The Balaban J connectivity index is 1.33. The van der Waals surface area contributed by atoms with Crippen molar-refractivity contribution in [3.8, 4) is 0 Å². The molecule has 0 bridgehead atoms. The lowest BCUT2D eigenvalue weighted by Gasteiger charge is -2.42. The topological polar surface area (TPSA) is 145 Å². The van der Waals surface area contributed by atoms with Crippen molar-refractivity contribution in [2.24, 2.45) is 11.7 Å². The van der Waals surface area contributed by atoms with Crippen LogP contribution >= 0.6 is 0 Å². The molecule has 248 valence electrons. The first-order chi connectivity index (χ1) is 21.4. The van der Waals surface area contributed by atoms with E-state index in [0.717, 1.165) is 66.5 Å². The van der Waals surface area contributed by atoms with E-state index in [0.29, 0.717) is 32.1 Å². The minimum Gasteiger partial charge on any atom is -0.388 e. The quantitative estimate of drug-likeness (QED) is 0.230. The zero-order valence-corrected chi connectivity index (χ0v) is 27.4. The van der Waals surface area contributed by atoms with Crippen LogP contribution in [0, 0.1) is 12.8 Å². The zero-order chi connectivity index (χ0) is 32.7. The van der Waals surface area contributed by atoms with Crippen LogP contribution in [0.5, 0.6) is 0 Å². The summed E-state index contributed by atoms with van der Waals surface area (Å²) in [4.78, 5) is 27.8. The second-order valence-electron chi connectivity index (χ2n) is 13.4. The summed E-state index contributed by atoms with van der Waals surface area (Å²) in [5.41, 5.74) is 10.2. The van der Waals surface area contributed by atoms with Gasteiger partial charge in [0, 0.05) is 6.42 Å². The fourth-order valence-corrected chi connectivity index (χ4v) is 7.03. The molecular formula is C36H53N3O6. The van der Waals surface area contributed by atoms with Gasteiger partial charge >= 0.3 is 0 Å². The first-order valence-electron chi connectivity index (χ1n) is 16.6. The highest BCUT2D eigenvalue weighted by molar-refractivity contribution is 5.91. The average molecular weight is 624 g/mol.